The second kappa shape index (κ2) is 4.93. The minimum Gasteiger partial charge on any atom is -0.374 e. The summed E-state index contributed by atoms with van der Waals surface area (Å²) in [4.78, 5) is 2.35. The number of rotatable bonds is 5. The van der Waals surface area contributed by atoms with E-state index in [0.717, 1.165) is 18.4 Å². The SMILES string of the molecule is CC(CNCc1ccc2c(c1)CCN2C)C1CC1. The Hall–Kier alpha value is -1.02. The van der Waals surface area contributed by atoms with Crippen molar-refractivity contribution in [3.05, 3.63) is 29.3 Å². The van der Waals surface area contributed by atoms with E-state index in [9.17, 15) is 0 Å². The molecule has 1 atom stereocenters. The second-order valence-corrected chi connectivity index (χ2v) is 6.08. The number of nitrogens with zero attached hydrogens (tertiary/aromatic N) is 1. The largest absolute Gasteiger partial charge is 0.374 e. The average Bonchev–Trinajstić information content (AvgIpc) is 3.15. The molecule has 1 unspecified atom stereocenters. The van der Waals surface area contributed by atoms with Crippen LogP contribution in [0.4, 0.5) is 5.69 Å². The fraction of sp³-hybridized carbons (Fsp3) is 0.625. The topological polar surface area (TPSA) is 15.3 Å². The van der Waals surface area contributed by atoms with Crippen LogP contribution in [-0.4, -0.2) is 20.1 Å². The van der Waals surface area contributed by atoms with Gasteiger partial charge < -0.3 is 10.2 Å². The summed E-state index contributed by atoms with van der Waals surface area (Å²) in [7, 11) is 2.18. The zero-order chi connectivity index (χ0) is 12.5. The van der Waals surface area contributed by atoms with Crippen LogP contribution in [0.5, 0.6) is 0 Å². The molecule has 0 spiro atoms. The molecule has 1 fully saturated rings. The molecule has 2 nitrogen and oxygen atoms in total. The lowest BCUT2D eigenvalue weighted by molar-refractivity contribution is 0.461. The molecule has 0 aromatic heterocycles. The fourth-order valence-electron chi connectivity index (χ4n) is 3.01. The molecule has 1 aromatic carbocycles. The van der Waals surface area contributed by atoms with Gasteiger partial charge in [-0.3, -0.25) is 0 Å². The van der Waals surface area contributed by atoms with Crippen LogP contribution < -0.4 is 10.2 Å². The summed E-state index contributed by atoms with van der Waals surface area (Å²) in [5.74, 6) is 1.86. The van der Waals surface area contributed by atoms with E-state index in [1.54, 1.807) is 0 Å². The molecule has 1 N–H and O–H groups in total. The van der Waals surface area contributed by atoms with Crippen molar-refractivity contribution < 1.29 is 0 Å². The van der Waals surface area contributed by atoms with Gasteiger partial charge in [0.15, 0.2) is 0 Å². The van der Waals surface area contributed by atoms with Crippen LogP contribution in [0.2, 0.25) is 0 Å². The number of fused-ring (bicyclic) bond motifs is 1. The van der Waals surface area contributed by atoms with E-state index in [4.69, 9.17) is 0 Å². The summed E-state index contributed by atoms with van der Waals surface area (Å²) in [5, 5.41) is 3.61. The number of hydrogen-bond donors (Lipinski definition) is 1. The van der Waals surface area contributed by atoms with Gasteiger partial charge in [-0.05, 0) is 54.8 Å². The fourth-order valence-corrected chi connectivity index (χ4v) is 3.01. The summed E-state index contributed by atoms with van der Waals surface area (Å²) in [6.07, 6.45) is 4.11. The molecule has 0 bridgehead atoms. The minimum absolute atomic E-state index is 0.852. The molecule has 2 aliphatic rings. The van der Waals surface area contributed by atoms with Crippen molar-refractivity contribution in [3.8, 4) is 0 Å². The Balaban J connectivity index is 1.53. The van der Waals surface area contributed by atoms with Crippen molar-refractivity contribution in [2.45, 2.75) is 32.7 Å². The molecule has 0 amide bonds. The molecule has 1 aliphatic heterocycles. The first-order valence-electron chi connectivity index (χ1n) is 7.27. The Labute approximate surface area is 110 Å². The summed E-state index contributed by atoms with van der Waals surface area (Å²) >= 11 is 0. The first-order valence-corrected chi connectivity index (χ1v) is 7.27. The van der Waals surface area contributed by atoms with Crippen molar-refractivity contribution in [2.75, 3.05) is 25.0 Å². The van der Waals surface area contributed by atoms with Crippen LogP contribution >= 0.6 is 0 Å². The van der Waals surface area contributed by atoms with Crippen LogP contribution in [0.15, 0.2) is 18.2 Å². The lowest BCUT2D eigenvalue weighted by atomic mass is 10.1. The Kier molecular flexibility index (Phi) is 3.29. The lowest BCUT2D eigenvalue weighted by Gasteiger charge is -2.14. The normalized spacial score (nSPS) is 20.0. The van der Waals surface area contributed by atoms with E-state index < -0.39 is 0 Å². The smallest absolute Gasteiger partial charge is 0.0397 e. The maximum Gasteiger partial charge on any atom is 0.0397 e. The molecule has 1 heterocycles. The number of nitrogens with one attached hydrogen (secondary N) is 1. The molecular weight excluding hydrogens is 220 g/mol. The van der Waals surface area contributed by atoms with E-state index in [1.165, 1.54) is 49.2 Å². The monoisotopic (exact) mass is 244 g/mol. The van der Waals surface area contributed by atoms with Gasteiger partial charge in [0.05, 0.1) is 0 Å². The number of hydrogen-bond acceptors (Lipinski definition) is 2. The standard InChI is InChI=1S/C16H24N2/c1-12(14-4-5-14)10-17-11-13-3-6-16-15(9-13)7-8-18(16)2/h3,6,9,12,14,17H,4-5,7-8,10-11H2,1-2H3. The molecule has 1 aliphatic carbocycles. The molecule has 3 rings (SSSR count). The highest BCUT2D eigenvalue weighted by Crippen LogP contribution is 2.36. The van der Waals surface area contributed by atoms with Crippen molar-refractivity contribution in [1.82, 2.24) is 5.32 Å². The number of likely N-dealkylation sites (N-methyl/N-ethyl adjacent to an activating group) is 1. The van der Waals surface area contributed by atoms with Crippen LogP contribution in [-0.2, 0) is 13.0 Å². The maximum absolute atomic E-state index is 3.61. The Morgan fingerprint density at radius 3 is 3.00 bits per heavy atom. The van der Waals surface area contributed by atoms with Gasteiger partial charge in [-0.1, -0.05) is 19.1 Å². The van der Waals surface area contributed by atoms with Gasteiger partial charge in [0.1, 0.15) is 0 Å². The van der Waals surface area contributed by atoms with Crippen LogP contribution in [0.25, 0.3) is 0 Å². The molecule has 18 heavy (non-hydrogen) atoms. The molecule has 1 aromatic rings. The average molecular weight is 244 g/mol. The highest BCUT2D eigenvalue weighted by molar-refractivity contribution is 5.58. The van der Waals surface area contributed by atoms with Crippen LogP contribution in [0.1, 0.15) is 30.9 Å². The van der Waals surface area contributed by atoms with Crippen molar-refractivity contribution in [3.63, 3.8) is 0 Å². The summed E-state index contributed by atoms with van der Waals surface area (Å²) < 4.78 is 0. The predicted octanol–water partition coefficient (Wildman–Crippen LogP) is 2.81. The zero-order valence-electron chi connectivity index (χ0n) is 11.6. The van der Waals surface area contributed by atoms with Crippen molar-refractivity contribution in [1.29, 1.82) is 0 Å². The molecule has 0 radical (unpaired) electrons. The van der Waals surface area contributed by atoms with E-state index in [2.05, 4.69) is 42.4 Å². The van der Waals surface area contributed by atoms with Gasteiger partial charge in [-0.15, -0.1) is 0 Å². The second-order valence-electron chi connectivity index (χ2n) is 6.08. The van der Waals surface area contributed by atoms with Gasteiger partial charge in [-0.25, -0.2) is 0 Å². The third-order valence-corrected chi connectivity index (χ3v) is 4.49. The van der Waals surface area contributed by atoms with Gasteiger partial charge in [-0.2, -0.15) is 0 Å². The maximum atomic E-state index is 3.61. The summed E-state index contributed by atoms with van der Waals surface area (Å²) in [6, 6.07) is 6.94. The Bertz CT molecular complexity index is 423. The van der Waals surface area contributed by atoms with Crippen molar-refractivity contribution in [2.24, 2.45) is 11.8 Å². The highest BCUT2D eigenvalue weighted by atomic mass is 15.1. The van der Waals surface area contributed by atoms with Gasteiger partial charge in [0.2, 0.25) is 0 Å². The van der Waals surface area contributed by atoms with Crippen LogP contribution in [0.3, 0.4) is 0 Å². The number of benzene rings is 1. The third-order valence-electron chi connectivity index (χ3n) is 4.49. The summed E-state index contributed by atoms with van der Waals surface area (Å²) in [6.45, 7) is 5.74. The highest BCUT2D eigenvalue weighted by Gasteiger charge is 2.27. The minimum atomic E-state index is 0.852. The predicted molar refractivity (Wildman–Crippen MR) is 77.0 cm³/mol. The quantitative estimate of drug-likeness (QED) is 0.857. The van der Waals surface area contributed by atoms with E-state index in [-0.39, 0.29) is 0 Å². The first-order chi connectivity index (χ1) is 8.74. The number of anilines is 1. The molecule has 0 saturated heterocycles. The van der Waals surface area contributed by atoms with Crippen molar-refractivity contribution >= 4 is 5.69 Å². The summed E-state index contributed by atoms with van der Waals surface area (Å²) in [5.41, 5.74) is 4.38. The molecule has 1 saturated carbocycles. The van der Waals surface area contributed by atoms with E-state index in [0.29, 0.717) is 0 Å². The third kappa shape index (κ3) is 2.54. The lowest BCUT2D eigenvalue weighted by Crippen LogP contribution is -2.21. The Morgan fingerprint density at radius 2 is 2.22 bits per heavy atom. The Morgan fingerprint density at radius 1 is 1.39 bits per heavy atom. The zero-order valence-corrected chi connectivity index (χ0v) is 11.6. The van der Waals surface area contributed by atoms with E-state index in [1.807, 2.05) is 0 Å². The van der Waals surface area contributed by atoms with Gasteiger partial charge >= 0.3 is 0 Å². The first kappa shape index (κ1) is 12.0. The van der Waals surface area contributed by atoms with Crippen LogP contribution in [0, 0.1) is 11.8 Å². The van der Waals surface area contributed by atoms with E-state index >= 15 is 0 Å². The molecule has 2 heteroatoms. The van der Waals surface area contributed by atoms with Gasteiger partial charge in [0, 0.05) is 25.8 Å². The molecular formula is C16H24N2. The molecule has 98 valence electrons. The van der Waals surface area contributed by atoms with Gasteiger partial charge in [0.25, 0.3) is 0 Å².